The highest BCUT2D eigenvalue weighted by molar-refractivity contribution is 7.91. The van der Waals surface area contributed by atoms with Crippen molar-refractivity contribution >= 4 is 20.7 Å². The van der Waals surface area contributed by atoms with Gasteiger partial charge in [-0.25, -0.2) is 8.42 Å². The first-order valence-electron chi connectivity index (χ1n) is 4.63. The number of hydrogen-bond acceptors (Lipinski definition) is 3. The maximum Gasteiger partial charge on any atom is 0.177 e. The van der Waals surface area contributed by atoms with E-state index in [9.17, 15) is 8.42 Å². The first kappa shape index (κ1) is 12.4. The van der Waals surface area contributed by atoms with Crippen LogP contribution in [-0.2, 0) is 9.84 Å². The Kier molecular flexibility index (Phi) is 3.79. The molecule has 0 atom stereocenters. The van der Waals surface area contributed by atoms with E-state index in [-0.39, 0.29) is 4.90 Å². The zero-order chi connectivity index (χ0) is 12.2. The maximum absolute atomic E-state index is 11.4. The van der Waals surface area contributed by atoms with Crippen molar-refractivity contribution in [2.75, 3.05) is 6.26 Å². The third-order valence-corrected chi connectivity index (χ3v) is 3.12. The van der Waals surface area contributed by atoms with Crippen molar-refractivity contribution in [3.05, 3.63) is 49.7 Å². The monoisotopic (exact) mass is 235 g/mol. The Hall–Kier alpha value is -1.68. The quantitative estimate of drug-likeness (QED) is 0.713. The van der Waals surface area contributed by atoms with Crippen LogP contribution in [0.1, 0.15) is 0 Å². The van der Waals surface area contributed by atoms with Crippen LogP contribution in [0.25, 0.3) is 10.9 Å². The van der Waals surface area contributed by atoms with Gasteiger partial charge in [-0.3, -0.25) is 4.98 Å². The van der Waals surface area contributed by atoms with E-state index < -0.39 is 9.84 Å². The third-order valence-electron chi connectivity index (χ3n) is 2.00. The molecule has 0 saturated carbocycles. The largest absolute Gasteiger partial charge is 0.255 e. The zero-order valence-corrected chi connectivity index (χ0v) is 9.87. The van der Waals surface area contributed by atoms with E-state index in [1.165, 1.54) is 6.26 Å². The lowest BCUT2D eigenvalue weighted by Gasteiger charge is -2.02. The normalized spacial score (nSPS) is 10.6. The molecule has 1 aromatic carbocycles. The molecule has 0 aliphatic carbocycles. The predicted molar refractivity (Wildman–Crippen MR) is 66.1 cm³/mol. The van der Waals surface area contributed by atoms with Gasteiger partial charge >= 0.3 is 0 Å². The summed E-state index contributed by atoms with van der Waals surface area (Å²) < 4.78 is 22.8. The van der Waals surface area contributed by atoms with E-state index in [0.717, 1.165) is 5.39 Å². The molecule has 0 fully saturated rings. The standard InChI is InChI=1S/C10H9NO2S.C2H4/c1-14(12,13)9-6-2-4-8-5-3-7-11-10(8)9;1-2/h2-7H,1H3;1-2H2. The van der Waals surface area contributed by atoms with E-state index in [4.69, 9.17) is 0 Å². The molecule has 0 spiro atoms. The van der Waals surface area contributed by atoms with Gasteiger partial charge in [-0.05, 0) is 12.1 Å². The SMILES string of the molecule is C=C.CS(=O)(=O)c1cccc2cccnc12. The van der Waals surface area contributed by atoms with Gasteiger partial charge in [0, 0.05) is 17.8 Å². The lowest BCUT2D eigenvalue weighted by atomic mass is 10.2. The van der Waals surface area contributed by atoms with E-state index in [1.54, 1.807) is 24.4 Å². The molecule has 0 saturated heterocycles. The van der Waals surface area contributed by atoms with Gasteiger partial charge in [-0.15, -0.1) is 13.2 Å². The fourth-order valence-electron chi connectivity index (χ4n) is 1.38. The number of para-hydroxylation sites is 1. The molecular weight excluding hydrogens is 222 g/mol. The van der Waals surface area contributed by atoms with Gasteiger partial charge in [0.25, 0.3) is 0 Å². The Morgan fingerprint density at radius 2 is 1.75 bits per heavy atom. The minimum absolute atomic E-state index is 0.288. The van der Waals surface area contributed by atoms with E-state index in [0.29, 0.717) is 5.52 Å². The summed E-state index contributed by atoms with van der Waals surface area (Å²) in [5.41, 5.74) is 0.539. The molecule has 3 nitrogen and oxygen atoms in total. The van der Waals surface area contributed by atoms with E-state index in [2.05, 4.69) is 18.1 Å². The molecule has 1 heterocycles. The van der Waals surface area contributed by atoms with Crippen LogP contribution in [0, 0.1) is 0 Å². The van der Waals surface area contributed by atoms with Crippen molar-refractivity contribution in [3.63, 3.8) is 0 Å². The third kappa shape index (κ3) is 2.46. The second-order valence-electron chi connectivity index (χ2n) is 3.10. The van der Waals surface area contributed by atoms with Crippen LogP contribution in [0.4, 0.5) is 0 Å². The van der Waals surface area contributed by atoms with Crippen LogP contribution < -0.4 is 0 Å². The van der Waals surface area contributed by atoms with Gasteiger partial charge in [0.1, 0.15) is 0 Å². The topological polar surface area (TPSA) is 47.0 Å². The number of benzene rings is 1. The van der Waals surface area contributed by atoms with Crippen LogP contribution in [-0.4, -0.2) is 19.7 Å². The number of pyridine rings is 1. The van der Waals surface area contributed by atoms with Crippen molar-refractivity contribution in [2.45, 2.75) is 4.90 Å². The van der Waals surface area contributed by atoms with Crippen LogP contribution in [0.15, 0.2) is 54.6 Å². The Balaban J connectivity index is 0.000000606. The van der Waals surface area contributed by atoms with E-state index >= 15 is 0 Å². The van der Waals surface area contributed by atoms with Gasteiger partial charge in [-0.1, -0.05) is 18.2 Å². The number of nitrogens with zero attached hydrogens (tertiary/aromatic N) is 1. The lowest BCUT2D eigenvalue weighted by molar-refractivity contribution is 0.602. The summed E-state index contributed by atoms with van der Waals surface area (Å²) in [5, 5.41) is 0.843. The number of fused-ring (bicyclic) bond motifs is 1. The first-order chi connectivity index (χ1) is 7.59. The average Bonchev–Trinajstić information content (AvgIpc) is 2.30. The minimum atomic E-state index is -3.19. The molecule has 0 unspecified atom stereocenters. The fourth-order valence-corrected chi connectivity index (χ4v) is 2.22. The van der Waals surface area contributed by atoms with Crippen molar-refractivity contribution < 1.29 is 8.42 Å². The predicted octanol–water partition coefficient (Wildman–Crippen LogP) is 2.44. The Bertz CT molecular complexity index is 585. The molecule has 0 N–H and O–H groups in total. The van der Waals surface area contributed by atoms with Crippen LogP contribution in [0.5, 0.6) is 0 Å². The van der Waals surface area contributed by atoms with Crippen LogP contribution in [0.3, 0.4) is 0 Å². The zero-order valence-electron chi connectivity index (χ0n) is 9.05. The minimum Gasteiger partial charge on any atom is -0.255 e. The summed E-state index contributed by atoms with van der Waals surface area (Å²) in [6.07, 6.45) is 2.79. The number of sulfone groups is 1. The molecule has 1 aromatic heterocycles. The molecule has 4 heteroatoms. The highest BCUT2D eigenvalue weighted by Crippen LogP contribution is 2.19. The smallest absolute Gasteiger partial charge is 0.177 e. The first-order valence-corrected chi connectivity index (χ1v) is 6.52. The molecule has 0 aliphatic rings. The highest BCUT2D eigenvalue weighted by atomic mass is 32.2. The lowest BCUT2D eigenvalue weighted by Crippen LogP contribution is -1.98. The van der Waals surface area contributed by atoms with Gasteiger partial charge in [0.15, 0.2) is 9.84 Å². The van der Waals surface area contributed by atoms with Gasteiger partial charge in [-0.2, -0.15) is 0 Å². The molecule has 0 bridgehead atoms. The van der Waals surface area contributed by atoms with E-state index in [1.807, 2.05) is 12.1 Å². The summed E-state index contributed by atoms with van der Waals surface area (Å²) >= 11 is 0. The summed E-state index contributed by atoms with van der Waals surface area (Å²) in [5.74, 6) is 0. The summed E-state index contributed by atoms with van der Waals surface area (Å²) in [7, 11) is -3.19. The second kappa shape index (κ2) is 4.90. The maximum atomic E-state index is 11.4. The van der Waals surface area contributed by atoms with Crippen molar-refractivity contribution in [1.29, 1.82) is 0 Å². The molecule has 84 valence electrons. The molecule has 0 amide bonds. The van der Waals surface area contributed by atoms with Crippen LogP contribution in [0.2, 0.25) is 0 Å². The second-order valence-corrected chi connectivity index (χ2v) is 5.09. The Morgan fingerprint density at radius 1 is 1.12 bits per heavy atom. The van der Waals surface area contributed by atoms with Crippen molar-refractivity contribution in [1.82, 2.24) is 4.98 Å². The van der Waals surface area contributed by atoms with Gasteiger partial charge in [0.05, 0.1) is 10.4 Å². The summed E-state index contributed by atoms with van der Waals surface area (Å²) in [4.78, 5) is 4.36. The molecule has 16 heavy (non-hydrogen) atoms. The molecule has 2 aromatic rings. The average molecular weight is 235 g/mol. The molecule has 0 radical (unpaired) electrons. The highest BCUT2D eigenvalue weighted by Gasteiger charge is 2.11. The molecule has 2 rings (SSSR count). The Morgan fingerprint density at radius 3 is 2.38 bits per heavy atom. The molecule has 0 aliphatic heterocycles. The van der Waals surface area contributed by atoms with Gasteiger partial charge in [0.2, 0.25) is 0 Å². The molecular formula is C12H13NO2S. The van der Waals surface area contributed by atoms with Crippen molar-refractivity contribution in [2.24, 2.45) is 0 Å². The van der Waals surface area contributed by atoms with Crippen molar-refractivity contribution in [3.8, 4) is 0 Å². The number of aromatic nitrogens is 1. The number of hydrogen-bond donors (Lipinski definition) is 0. The van der Waals surface area contributed by atoms with Gasteiger partial charge < -0.3 is 0 Å². The Labute approximate surface area is 95.4 Å². The summed E-state index contributed by atoms with van der Waals surface area (Å²) in [6.45, 7) is 6.00. The fraction of sp³-hybridized carbons (Fsp3) is 0.0833. The van der Waals surface area contributed by atoms with Crippen LogP contribution >= 0.6 is 0 Å². The summed E-state index contributed by atoms with van der Waals surface area (Å²) in [6, 6.07) is 8.77. The number of rotatable bonds is 1.